The van der Waals surface area contributed by atoms with Gasteiger partial charge >= 0.3 is 0 Å². The molecule has 1 amide bonds. The monoisotopic (exact) mass is 349 g/mol. The second-order valence-corrected chi connectivity index (χ2v) is 6.41. The van der Waals surface area contributed by atoms with E-state index < -0.39 is 0 Å². The van der Waals surface area contributed by atoms with E-state index in [4.69, 9.17) is 4.74 Å². The highest BCUT2D eigenvalue weighted by molar-refractivity contribution is 5.93. The zero-order valence-corrected chi connectivity index (χ0v) is 14.1. The lowest BCUT2D eigenvalue weighted by molar-refractivity contribution is 0.0934. The fourth-order valence-corrected chi connectivity index (χ4v) is 3.07. The van der Waals surface area contributed by atoms with Crippen molar-refractivity contribution in [2.75, 3.05) is 13.2 Å². The van der Waals surface area contributed by atoms with Crippen LogP contribution in [0.4, 0.5) is 0 Å². The van der Waals surface area contributed by atoms with Crippen LogP contribution in [0.5, 0.6) is 11.5 Å². The minimum Gasteiger partial charge on any atom is -0.508 e. The number of phenols is 1. The highest BCUT2D eigenvalue weighted by Gasteiger charge is 2.20. The first-order valence-corrected chi connectivity index (χ1v) is 8.53. The summed E-state index contributed by atoms with van der Waals surface area (Å²) in [4.78, 5) is 12.4. The van der Waals surface area contributed by atoms with Crippen molar-refractivity contribution < 1.29 is 14.6 Å². The number of aromatic nitrogens is 2. The van der Waals surface area contributed by atoms with Crippen LogP contribution in [-0.2, 0) is 6.42 Å². The lowest BCUT2D eigenvalue weighted by atomic mass is 9.97. The van der Waals surface area contributed by atoms with Gasteiger partial charge in [-0.25, -0.2) is 0 Å². The number of rotatable bonds is 4. The highest BCUT2D eigenvalue weighted by atomic mass is 16.5. The summed E-state index contributed by atoms with van der Waals surface area (Å²) in [5.74, 6) is 1.18. The lowest BCUT2D eigenvalue weighted by Crippen LogP contribution is -2.34. The second kappa shape index (κ2) is 6.92. The van der Waals surface area contributed by atoms with E-state index in [-0.39, 0.29) is 17.6 Å². The maximum atomic E-state index is 12.4. The number of hydrogen-bond donors (Lipinski definition) is 3. The molecule has 4 rings (SSSR count). The molecule has 3 aromatic rings. The molecular formula is C20H19N3O3. The number of carbonyl (C=O) groups is 1. The summed E-state index contributed by atoms with van der Waals surface area (Å²) in [6, 6.07) is 16.4. The van der Waals surface area contributed by atoms with Crippen LogP contribution in [0.1, 0.15) is 16.1 Å². The minimum atomic E-state index is -0.193. The fourth-order valence-electron chi connectivity index (χ4n) is 3.07. The van der Waals surface area contributed by atoms with Gasteiger partial charge in [-0.15, -0.1) is 0 Å². The Kier molecular flexibility index (Phi) is 4.31. The third-order valence-electron chi connectivity index (χ3n) is 4.49. The summed E-state index contributed by atoms with van der Waals surface area (Å²) >= 11 is 0. The number of fused-ring (bicyclic) bond motifs is 1. The topological polar surface area (TPSA) is 87.2 Å². The molecule has 2 heterocycles. The van der Waals surface area contributed by atoms with E-state index in [1.165, 1.54) is 5.56 Å². The summed E-state index contributed by atoms with van der Waals surface area (Å²) in [6.07, 6.45) is 0.887. The van der Waals surface area contributed by atoms with Crippen molar-refractivity contribution in [1.82, 2.24) is 15.5 Å². The number of benzene rings is 2. The molecule has 0 spiro atoms. The van der Waals surface area contributed by atoms with Crippen LogP contribution in [-0.4, -0.2) is 34.4 Å². The van der Waals surface area contributed by atoms with Crippen LogP contribution in [0.15, 0.2) is 54.6 Å². The molecule has 132 valence electrons. The van der Waals surface area contributed by atoms with Crippen molar-refractivity contribution in [2.45, 2.75) is 6.42 Å². The predicted octanol–water partition coefficient (Wildman–Crippen LogP) is 2.76. The number of carbonyl (C=O) groups excluding carboxylic acids is 1. The molecule has 6 heteroatoms. The molecule has 2 aromatic carbocycles. The summed E-state index contributed by atoms with van der Waals surface area (Å²) in [7, 11) is 0. The van der Waals surface area contributed by atoms with Crippen molar-refractivity contribution in [3.05, 3.63) is 65.9 Å². The average Bonchev–Trinajstić information content (AvgIpc) is 3.17. The van der Waals surface area contributed by atoms with Gasteiger partial charge in [0.25, 0.3) is 5.91 Å². The van der Waals surface area contributed by atoms with Crippen molar-refractivity contribution in [1.29, 1.82) is 0 Å². The van der Waals surface area contributed by atoms with Crippen LogP contribution in [0.3, 0.4) is 0 Å². The molecule has 1 unspecified atom stereocenters. The molecule has 6 nitrogen and oxygen atoms in total. The molecule has 0 aliphatic carbocycles. The fraction of sp³-hybridized carbons (Fsp3) is 0.200. The van der Waals surface area contributed by atoms with Crippen LogP contribution in [0, 0.1) is 5.92 Å². The van der Waals surface area contributed by atoms with Gasteiger partial charge in [0, 0.05) is 18.0 Å². The van der Waals surface area contributed by atoms with Gasteiger partial charge in [-0.05, 0) is 48.4 Å². The van der Waals surface area contributed by atoms with E-state index in [1.54, 1.807) is 30.3 Å². The van der Waals surface area contributed by atoms with Crippen molar-refractivity contribution in [3.63, 3.8) is 0 Å². The lowest BCUT2D eigenvalue weighted by Gasteiger charge is -2.25. The van der Waals surface area contributed by atoms with Gasteiger partial charge in [0.15, 0.2) is 0 Å². The van der Waals surface area contributed by atoms with Gasteiger partial charge in [-0.3, -0.25) is 9.89 Å². The third kappa shape index (κ3) is 3.39. The average molecular weight is 349 g/mol. The molecule has 1 atom stereocenters. The standard InChI is InChI=1S/C20H19N3O3/c24-16-7-5-14(6-8-16)17-10-18(23-22-17)20(25)21-11-13-9-15-3-1-2-4-19(15)26-12-13/h1-8,10,13,24H,9,11-12H2,(H,21,25)(H,22,23). The smallest absolute Gasteiger partial charge is 0.269 e. The van der Waals surface area contributed by atoms with Crippen LogP contribution in [0.2, 0.25) is 0 Å². The molecule has 0 saturated carbocycles. The molecule has 1 aliphatic rings. The molecule has 0 saturated heterocycles. The van der Waals surface area contributed by atoms with E-state index in [0.717, 1.165) is 17.7 Å². The highest BCUT2D eigenvalue weighted by Crippen LogP contribution is 2.26. The maximum Gasteiger partial charge on any atom is 0.269 e. The molecule has 0 fully saturated rings. The molecule has 3 N–H and O–H groups in total. The van der Waals surface area contributed by atoms with E-state index in [0.29, 0.717) is 24.5 Å². The van der Waals surface area contributed by atoms with Crippen LogP contribution >= 0.6 is 0 Å². The van der Waals surface area contributed by atoms with Crippen LogP contribution in [0.25, 0.3) is 11.3 Å². The Labute approximate surface area is 150 Å². The Morgan fingerprint density at radius 1 is 1.23 bits per heavy atom. The molecular weight excluding hydrogens is 330 g/mol. The van der Waals surface area contributed by atoms with Crippen LogP contribution < -0.4 is 10.1 Å². The summed E-state index contributed by atoms with van der Waals surface area (Å²) in [5.41, 5.74) is 3.07. The number of hydrogen-bond acceptors (Lipinski definition) is 4. The number of amides is 1. The predicted molar refractivity (Wildman–Crippen MR) is 97.2 cm³/mol. The summed E-state index contributed by atoms with van der Waals surface area (Å²) in [6.45, 7) is 1.14. The largest absolute Gasteiger partial charge is 0.508 e. The SMILES string of the molecule is O=C(NCC1COc2ccccc2C1)c1cc(-c2ccc(O)cc2)n[nH]1. The Bertz CT molecular complexity index is 918. The van der Waals surface area contributed by atoms with Crippen molar-refractivity contribution in [3.8, 4) is 22.8 Å². The van der Waals surface area contributed by atoms with Gasteiger partial charge < -0.3 is 15.2 Å². The maximum absolute atomic E-state index is 12.4. The molecule has 1 aromatic heterocycles. The minimum absolute atomic E-state index is 0.193. The van der Waals surface area contributed by atoms with Gasteiger partial charge in [0.1, 0.15) is 17.2 Å². The number of ether oxygens (including phenoxy) is 1. The number of para-hydroxylation sites is 1. The van der Waals surface area contributed by atoms with Gasteiger partial charge in [-0.2, -0.15) is 5.10 Å². The summed E-state index contributed by atoms with van der Waals surface area (Å²) in [5, 5.41) is 19.2. The van der Waals surface area contributed by atoms with E-state index in [9.17, 15) is 9.90 Å². The first-order chi connectivity index (χ1) is 12.7. The Morgan fingerprint density at radius 3 is 2.88 bits per heavy atom. The molecule has 0 bridgehead atoms. The number of H-pyrrole nitrogens is 1. The number of aromatic hydroxyl groups is 1. The quantitative estimate of drug-likeness (QED) is 0.676. The van der Waals surface area contributed by atoms with E-state index >= 15 is 0 Å². The first kappa shape index (κ1) is 16.2. The number of nitrogens with zero attached hydrogens (tertiary/aromatic N) is 1. The van der Waals surface area contributed by atoms with Gasteiger partial charge in [0.05, 0.1) is 12.3 Å². The van der Waals surface area contributed by atoms with Gasteiger partial charge in [0.2, 0.25) is 0 Å². The van der Waals surface area contributed by atoms with Gasteiger partial charge in [-0.1, -0.05) is 18.2 Å². The summed E-state index contributed by atoms with van der Waals surface area (Å²) < 4.78 is 5.75. The van der Waals surface area contributed by atoms with Crippen molar-refractivity contribution >= 4 is 5.91 Å². The number of phenolic OH excluding ortho intramolecular Hbond substituents is 1. The Hall–Kier alpha value is -3.28. The Morgan fingerprint density at radius 2 is 2.04 bits per heavy atom. The molecule has 26 heavy (non-hydrogen) atoms. The Balaban J connectivity index is 1.36. The molecule has 1 aliphatic heterocycles. The second-order valence-electron chi connectivity index (χ2n) is 6.41. The van der Waals surface area contributed by atoms with E-state index in [2.05, 4.69) is 21.6 Å². The number of nitrogens with one attached hydrogen (secondary N) is 2. The normalized spacial score (nSPS) is 15.8. The molecule has 0 radical (unpaired) electrons. The zero-order valence-electron chi connectivity index (χ0n) is 14.1. The van der Waals surface area contributed by atoms with E-state index in [1.807, 2.05) is 18.2 Å². The zero-order chi connectivity index (χ0) is 17.9. The number of aromatic amines is 1. The van der Waals surface area contributed by atoms with Crippen molar-refractivity contribution in [2.24, 2.45) is 5.92 Å². The first-order valence-electron chi connectivity index (χ1n) is 8.53. The third-order valence-corrected chi connectivity index (χ3v) is 4.49.